The molecular weight excluding hydrogens is 401 g/mol. The van der Waals surface area contributed by atoms with E-state index in [4.69, 9.17) is 17.3 Å². The Morgan fingerprint density at radius 3 is 2.55 bits per heavy atom. The molecule has 1 aliphatic heterocycles. The lowest BCUT2D eigenvalue weighted by atomic mass is 9.83. The number of nitrogens with zero attached hydrogens (tertiary/aromatic N) is 1. The molecular formula is C22H24ClF3N2O. The van der Waals surface area contributed by atoms with Crippen LogP contribution in [0.1, 0.15) is 47.4 Å². The molecule has 29 heavy (non-hydrogen) atoms. The zero-order valence-electron chi connectivity index (χ0n) is 16.0. The Kier molecular flexibility index (Phi) is 5.30. The molecule has 2 aromatic rings. The Balaban J connectivity index is 1.44. The van der Waals surface area contributed by atoms with Crippen molar-refractivity contribution >= 4 is 17.3 Å². The van der Waals surface area contributed by atoms with Crippen LogP contribution in [0.4, 0.5) is 18.9 Å². The number of alkyl halides is 3. The molecule has 3 N–H and O–H groups in total. The van der Waals surface area contributed by atoms with Crippen LogP contribution in [0.2, 0.25) is 5.02 Å². The predicted molar refractivity (Wildman–Crippen MR) is 108 cm³/mol. The van der Waals surface area contributed by atoms with Crippen molar-refractivity contribution in [2.75, 3.05) is 25.4 Å². The molecule has 4 rings (SSSR count). The third-order valence-electron chi connectivity index (χ3n) is 6.34. The van der Waals surface area contributed by atoms with Gasteiger partial charge in [0.15, 0.2) is 0 Å². The number of hydrogen-bond donors (Lipinski definition) is 2. The number of benzene rings is 2. The summed E-state index contributed by atoms with van der Waals surface area (Å²) in [6, 6.07) is 9.81. The van der Waals surface area contributed by atoms with Crippen LogP contribution in [0.5, 0.6) is 0 Å². The molecule has 0 aromatic heterocycles. The second-order valence-electron chi connectivity index (χ2n) is 8.22. The average Bonchev–Trinajstić information content (AvgIpc) is 3.05. The van der Waals surface area contributed by atoms with Crippen LogP contribution in [-0.4, -0.2) is 29.6 Å². The van der Waals surface area contributed by atoms with Gasteiger partial charge in [0.25, 0.3) is 0 Å². The van der Waals surface area contributed by atoms with Crippen molar-refractivity contribution in [3.05, 3.63) is 63.7 Å². The second kappa shape index (κ2) is 7.49. The van der Waals surface area contributed by atoms with Gasteiger partial charge < -0.3 is 15.7 Å². The molecule has 2 aromatic carbocycles. The van der Waals surface area contributed by atoms with Crippen LogP contribution in [0.15, 0.2) is 36.4 Å². The fourth-order valence-corrected chi connectivity index (χ4v) is 4.86. The summed E-state index contributed by atoms with van der Waals surface area (Å²) in [5.41, 5.74) is 7.49. The van der Waals surface area contributed by atoms with Gasteiger partial charge in [-0.05, 0) is 72.6 Å². The molecule has 0 saturated carbocycles. The molecule has 156 valence electrons. The van der Waals surface area contributed by atoms with Gasteiger partial charge in [-0.25, -0.2) is 0 Å². The summed E-state index contributed by atoms with van der Waals surface area (Å²) in [6.07, 6.45) is -1.64. The second-order valence-corrected chi connectivity index (χ2v) is 8.63. The van der Waals surface area contributed by atoms with E-state index in [2.05, 4.69) is 17.0 Å². The third kappa shape index (κ3) is 4.11. The van der Waals surface area contributed by atoms with E-state index < -0.39 is 17.3 Å². The lowest BCUT2D eigenvalue weighted by Crippen LogP contribution is -2.43. The van der Waals surface area contributed by atoms with Crippen molar-refractivity contribution in [2.45, 2.75) is 43.4 Å². The van der Waals surface area contributed by atoms with Gasteiger partial charge in [0.2, 0.25) is 0 Å². The van der Waals surface area contributed by atoms with E-state index in [-0.39, 0.29) is 10.6 Å². The number of aliphatic hydroxyl groups is 1. The number of aryl methyl sites for hydroxylation is 1. The van der Waals surface area contributed by atoms with E-state index in [1.54, 1.807) is 0 Å². The van der Waals surface area contributed by atoms with Gasteiger partial charge in [0.05, 0.1) is 16.2 Å². The van der Waals surface area contributed by atoms with Crippen molar-refractivity contribution < 1.29 is 18.3 Å². The van der Waals surface area contributed by atoms with Crippen molar-refractivity contribution in [3.63, 3.8) is 0 Å². The Hall–Kier alpha value is -1.76. The topological polar surface area (TPSA) is 49.5 Å². The summed E-state index contributed by atoms with van der Waals surface area (Å²) < 4.78 is 39.5. The summed E-state index contributed by atoms with van der Waals surface area (Å²) >= 11 is 5.72. The number of piperidine rings is 1. The van der Waals surface area contributed by atoms with Crippen LogP contribution in [0, 0.1) is 0 Å². The Morgan fingerprint density at radius 1 is 1.14 bits per heavy atom. The molecule has 0 radical (unpaired) electrons. The molecule has 2 aliphatic rings. The lowest BCUT2D eigenvalue weighted by molar-refractivity contribution is -0.137. The third-order valence-corrected chi connectivity index (χ3v) is 6.67. The summed E-state index contributed by atoms with van der Waals surface area (Å²) in [6.45, 7) is 2.14. The van der Waals surface area contributed by atoms with E-state index in [1.807, 2.05) is 6.07 Å². The van der Waals surface area contributed by atoms with Crippen molar-refractivity contribution in [3.8, 4) is 0 Å². The van der Waals surface area contributed by atoms with E-state index in [1.165, 1.54) is 23.3 Å². The zero-order valence-corrected chi connectivity index (χ0v) is 16.7. The van der Waals surface area contributed by atoms with E-state index in [9.17, 15) is 18.3 Å². The number of fused-ring (bicyclic) bond motifs is 1. The summed E-state index contributed by atoms with van der Waals surface area (Å²) in [5.74, 6) is 0.409. The minimum absolute atomic E-state index is 0.285. The van der Waals surface area contributed by atoms with E-state index in [0.717, 1.165) is 31.1 Å². The average molecular weight is 425 g/mol. The monoisotopic (exact) mass is 424 g/mol. The summed E-state index contributed by atoms with van der Waals surface area (Å²) in [4.78, 5) is 2.29. The van der Waals surface area contributed by atoms with Gasteiger partial charge in [-0.15, -0.1) is 0 Å². The van der Waals surface area contributed by atoms with Gasteiger partial charge >= 0.3 is 6.18 Å². The maximum Gasteiger partial charge on any atom is 0.417 e. The maximum atomic E-state index is 13.2. The summed E-state index contributed by atoms with van der Waals surface area (Å²) in [7, 11) is 0. The van der Waals surface area contributed by atoms with Crippen LogP contribution in [0.3, 0.4) is 0 Å². The molecule has 1 heterocycles. The van der Waals surface area contributed by atoms with Crippen LogP contribution < -0.4 is 5.73 Å². The first-order valence-electron chi connectivity index (χ1n) is 9.86. The fourth-order valence-electron chi connectivity index (χ4n) is 4.63. The molecule has 3 nitrogen and oxygen atoms in total. The highest BCUT2D eigenvalue weighted by atomic mass is 35.5. The highest BCUT2D eigenvalue weighted by molar-refractivity contribution is 6.31. The van der Waals surface area contributed by atoms with Gasteiger partial charge in [0.1, 0.15) is 0 Å². The quantitative estimate of drug-likeness (QED) is 0.685. The fraction of sp³-hybridized carbons (Fsp3) is 0.455. The smallest absolute Gasteiger partial charge is 0.399 e. The molecule has 1 fully saturated rings. The van der Waals surface area contributed by atoms with E-state index >= 15 is 0 Å². The highest BCUT2D eigenvalue weighted by Crippen LogP contribution is 2.41. The number of rotatable bonds is 3. The Bertz CT molecular complexity index is 907. The van der Waals surface area contributed by atoms with Gasteiger partial charge in [-0.2, -0.15) is 13.2 Å². The molecule has 1 saturated heterocycles. The Labute approximate surface area is 173 Å². The van der Waals surface area contributed by atoms with Gasteiger partial charge in [-0.3, -0.25) is 0 Å². The number of nitrogens with two attached hydrogens (primary N) is 1. The van der Waals surface area contributed by atoms with Gasteiger partial charge in [-0.1, -0.05) is 23.7 Å². The first-order valence-corrected chi connectivity index (χ1v) is 10.2. The van der Waals surface area contributed by atoms with Gasteiger partial charge in [0, 0.05) is 25.3 Å². The number of halogens is 4. The van der Waals surface area contributed by atoms with E-state index in [0.29, 0.717) is 31.8 Å². The highest BCUT2D eigenvalue weighted by Gasteiger charge is 2.39. The summed E-state index contributed by atoms with van der Waals surface area (Å²) in [5, 5.41) is 10.7. The lowest BCUT2D eigenvalue weighted by Gasteiger charge is -2.39. The van der Waals surface area contributed by atoms with Crippen molar-refractivity contribution in [1.29, 1.82) is 0 Å². The normalized spacial score (nSPS) is 21.9. The largest absolute Gasteiger partial charge is 0.417 e. The number of likely N-dealkylation sites (tertiary alicyclic amines) is 1. The first kappa shape index (κ1) is 20.5. The molecule has 0 amide bonds. The van der Waals surface area contributed by atoms with Crippen molar-refractivity contribution in [2.24, 2.45) is 0 Å². The molecule has 1 aliphatic carbocycles. The van der Waals surface area contributed by atoms with Crippen LogP contribution in [0.25, 0.3) is 0 Å². The standard InChI is InChI=1S/C22H24ClF3N2O/c23-20-6-4-16(11-19(20)22(24,25)26)21(29)7-9-28(10-8-21)13-15-2-1-14-3-5-17(27)12-18(14)15/h3-6,11-12,15,29H,1-2,7-10,13,27H2. The number of hydrogen-bond acceptors (Lipinski definition) is 3. The Morgan fingerprint density at radius 2 is 1.86 bits per heavy atom. The number of anilines is 1. The first-order chi connectivity index (χ1) is 13.7. The number of nitrogen functional groups attached to an aromatic ring is 1. The zero-order chi connectivity index (χ0) is 20.8. The van der Waals surface area contributed by atoms with Crippen LogP contribution >= 0.6 is 11.6 Å². The van der Waals surface area contributed by atoms with Crippen LogP contribution in [-0.2, 0) is 18.2 Å². The predicted octanol–water partition coefficient (Wildman–Crippen LogP) is 4.95. The van der Waals surface area contributed by atoms with Crippen molar-refractivity contribution in [1.82, 2.24) is 4.90 Å². The molecule has 0 spiro atoms. The minimum Gasteiger partial charge on any atom is -0.399 e. The molecule has 1 atom stereocenters. The molecule has 1 unspecified atom stereocenters. The SMILES string of the molecule is Nc1ccc2c(c1)C(CN1CCC(O)(c3ccc(Cl)c(C(F)(F)F)c3)CC1)CC2. The molecule has 0 bridgehead atoms. The maximum absolute atomic E-state index is 13.2. The molecule has 7 heteroatoms. The minimum atomic E-state index is -4.54.